The molecule has 0 aromatic heterocycles. The highest BCUT2D eigenvalue weighted by Crippen LogP contribution is 2.49. The molecule has 0 N–H and O–H groups in total. The molecule has 0 saturated heterocycles. The standard InChI is InChI=1S/C17H30N2/c1-9-12-15-13(4)17(10-2,11-3)16(18(6)7)19(8)14(15)5/h9,12,16H,4,10-11H2,1-3,5-8H3. The van der Waals surface area contributed by atoms with Crippen LogP contribution in [0.1, 0.15) is 40.5 Å². The molecule has 19 heavy (non-hydrogen) atoms. The molecule has 1 aliphatic heterocycles. The maximum Gasteiger partial charge on any atom is 0.0907 e. The third kappa shape index (κ3) is 2.38. The summed E-state index contributed by atoms with van der Waals surface area (Å²) in [6, 6.07) is 0. The van der Waals surface area contributed by atoms with Gasteiger partial charge in [0, 0.05) is 18.2 Å². The van der Waals surface area contributed by atoms with Crippen molar-refractivity contribution in [3.8, 4) is 0 Å². The second-order valence-electron chi connectivity index (χ2n) is 5.79. The molecule has 0 bridgehead atoms. The van der Waals surface area contributed by atoms with Crippen LogP contribution in [0.15, 0.2) is 35.6 Å². The van der Waals surface area contributed by atoms with Gasteiger partial charge in [-0.05, 0) is 51.9 Å². The first-order valence-corrected chi connectivity index (χ1v) is 7.29. The molecule has 2 nitrogen and oxygen atoms in total. The van der Waals surface area contributed by atoms with Gasteiger partial charge in [0.1, 0.15) is 0 Å². The van der Waals surface area contributed by atoms with Gasteiger partial charge in [-0.15, -0.1) is 0 Å². The molecule has 1 atom stereocenters. The maximum atomic E-state index is 4.46. The molecule has 0 spiro atoms. The lowest BCUT2D eigenvalue weighted by molar-refractivity contribution is 0.0119. The molecule has 0 radical (unpaired) electrons. The normalized spacial score (nSPS) is 23.9. The summed E-state index contributed by atoms with van der Waals surface area (Å²) in [6.45, 7) is 13.3. The van der Waals surface area contributed by atoms with Gasteiger partial charge in [0.25, 0.3) is 0 Å². The third-order valence-electron chi connectivity index (χ3n) is 4.79. The minimum Gasteiger partial charge on any atom is -0.361 e. The van der Waals surface area contributed by atoms with Crippen molar-refractivity contribution in [1.29, 1.82) is 0 Å². The Kier molecular flexibility index (Phi) is 5.03. The van der Waals surface area contributed by atoms with Gasteiger partial charge in [-0.25, -0.2) is 0 Å². The van der Waals surface area contributed by atoms with E-state index in [-0.39, 0.29) is 5.41 Å². The lowest BCUT2D eigenvalue weighted by atomic mass is 9.67. The molecule has 0 saturated carbocycles. The fraction of sp³-hybridized carbons (Fsp3) is 0.647. The van der Waals surface area contributed by atoms with Crippen LogP contribution in [-0.4, -0.2) is 37.1 Å². The highest BCUT2D eigenvalue weighted by atomic mass is 15.3. The largest absolute Gasteiger partial charge is 0.361 e. The summed E-state index contributed by atoms with van der Waals surface area (Å²) in [5.41, 5.74) is 4.06. The van der Waals surface area contributed by atoms with Gasteiger partial charge in [0.2, 0.25) is 0 Å². The van der Waals surface area contributed by atoms with Gasteiger partial charge in [0.05, 0.1) is 6.17 Å². The number of rotatable bonds is 4. The van der Waals surface area contributed by atoms with Crippen molar-refractivity contribution in [3.05, 3.63) is 35.6 Å². The average molecular weight is 262 g/mol. The zero-order chi connectivity index (χ0) is 14.8. The Morgan fingerprint density at radius 1 is 1.32 bits per heavy atom. The number of hydrogen-bond donors (Lipinski definition) is 0. The van der Waals surface area contributed by atoms with E-state index in [1.807, 2.05) is 0 Å². The van der Waals surface area contributed by atoms with Gasteiger partial charge >= 0.3 is 0 Å². The maximum absolute atomic E-state index is 4.46. The molecule has 0 aliphatic carbocycles. The second kappa shape index (κ2) is 5.96. The molecular formula is C17H30N2. The Labute approximate surface area is 119 Å². The molecule has 1 aliphatic rings. The number of nitrogens with zero attached hydrogens (tertiary/aromatic N) is 2. The average Bonchev–Trinajstić information content (AvgIpc) is 2.38. The van der Waals surface area contributed by atoms with Crippen molar-refractivity contribution >= 4 is 0 Å². The van der Waals surface area contributed by atoms with Gasteiger partial charge in [0.15, 0.2) is 0 Å². The fourth-order valence-electron chi connectivity index (χ4n) is 3.66. The minimum absolute atomic E-state index is 0.132. The molecule has 0 fully saturated rings. The highest BCUT2D eigenvalue weighted by molar-refractivity contribution is 5.48. The van der Waals surface area contributed by atoms with Crippen molar-refractivity contribution < 1.29 is 0 Å². The first kappa shape index (κ1) is 16.0. The molecule has 0 aromatic rings. The molecular weight excluding hydrogens is 232 g/mol. The smallest absolute Gasteiger partial charge is 0.0907 e. The molecule has 1 rings (SSSR count). The van der Waals surface area contributed by atoms with Crippen LogP contribution in [-0.2, 0) is 0 Å². The second-order valence-corrected chi connectivity index (χ2v) is 5.79. The Morgan fingerprint density at radius 2 is 1.84 bits per heavy atom. The van der Waals surface area contributed by atoms with Gasteiger partial charge in [-0.1, -0.05) is 32.6 Å². The monoisotopic (exact) mass is 262 g/mol. The van der Waals surface area contributed by atoms with Crippen LogP contribution in [0.25, 0.3) is 0 Å². The summed E-state index contributed by atoms with van der Waals surface area (Å²) in [6.07, 6.45) is 6.93. The lowest BCUT2D eigenvalue weighted by Crippen LogP contribution is -2.56. The van der Waals surface area contributed by atoms with Gasteiger partial charge < -0.3 is 4.90 Å². The van der Waals surface area contributed by atoms with Crippen molar-refractivity contribution in [2.45, 2.75) is 46.7 Å². The van der Waals surface area contributed by atoms with Crippen molar-refractivity contribution in [2.75, 3.05) is 21.1 Å². The van der Waals surface area contributed by atoms with Crippen LogP contribution in [0, 0.1) is 5.41 Å². The van der Waals surface area contributed by atoms with Gasteiger partial charge in [-0.2, -0.15) is 0 Å². The predicted molar refractivity (Wildman–Crippen MR) is 84.9 cm³/mol. The van der Waals surface area contributed by atoms with Crippen LogP contribution < -0.4 is 0 Å². The number of allylic oxidation sites excluding steroid dienone is 4. The molecule has 108 valence electrons. The molecule has 1 unspecified atom stereocenters. The Bertz CT molecular complexity index is 397. The van der Waals surface area contributed by atoms with Crippen LogP contribution >= 0.6 is 0 Å². The van der Waals surface area contributed by atoms with E-state index >= 15 is 0 Å². The zero-order valence-corrected chi connectivity index (χ0v) is 13.7. The van der Waals surface area contributed by atoms with Crippen LogP contribution in [0.3, 0.4) is 0 Å². The van der Waals surface area contributed by atoms with Gasteiger partial charge in [-0.3, -0.25) is 4.90 Å². The molecule has 2 heteroatoms. The third-order valence-corrected chi connectivity index (χ3v) is 4.79. The quantitative estimate of drug-likeness (QED) is 0.754. The molecule has 0 amide bonds. The minimum atomic E-state index is 0.132. The first-order chi connectivity index (χ1) is 8.87. The van der Waals surface area contributed by atoms with E-state index in [0.717, 1.165) is 12.8 Å². The van der Waals surface area contributed by atoms with Crippen LogP contribution in [0.4, 0.5) is 0 Å². The SMILES string of the molecule is C=C1C(C=CC)=C(C)N(C)C(N(C)C)C1(CC)CC. The van der Waals surface area contributed by atoms with Crippen molar-refractivity contribution in [3.63, 3.8) is 0 Å². The summed E-state index contributed by atoms with van der Waals surface area (Å²) >= 11 is 0. The summed E-state index contributed by atoms with van der Waals surface area (Å²) in [4.78, 5) is 4.74. The van der Waals surface area contributed by atoms with E-state index in [4.69, 9.17) is 0 Å². The van der Waals surface area contributed by atoms with E-state index < -0.39 is 0 Å². The molecule has 1 heterocycles. The first-order valence-electron chi connectivity index (χ1n) is 7.29. The van der Waals surface area contributed by atoms with E-state index in [0.29, 0.717) is 6.17 Å². The van der Waals surface area contributed by atoms with Crippen molar-refractivity contribution in [1.82, 2.24) is 9.80 Å². The Balaban J connectivity index is 3.50. The zero-order valence-electron chi connectivity index (χ0n) is 13.7. The van der Waals surface area contributed by atoms with Crippen molar-refractivity contribution in [2.24, 2.45) is 5.41 Å². The van der Waals surface area contributed by atoms with Crippen LogP contribution in [0.5, 0.6) is 0 Å². The topological polar surface area (TPSA) is 6.48 Å². The predicted octanol–water partition coefficient (Wildman–Crippen LogP) is 4.03. The summed E-state index contributed by atoms with van der Waals surface area (Å²) in [5.74, 6) is 0. The fourth-order valence-corrected chi connectivity index (χ4v) is 3.66. The van der Waals surface area contributed by atoms with E-state index in [9.17, 15) is 0 Å². The highest BCUT2D eigenvalue weighted by Gasteiger charge is 2.46. The van der Waals surface area contributed by atoms with Crippen LogP contribution in [0.2, 0.25) is 0 Å². The van der Waals surface area contributed by atoms with E-state index in [1.54, 1.807) is 0 Å². The summed E-state index contributed by atoms with van der Waals surface area (Å²) in [5, 5.41) is 0. The summed E-state index contributed by atoms with van der Waals surface area (Å²) in [7, 11) is 6.54. The number of hydrogen-bond acceptors (Lipinski definition) is 2. The van der Waals surface area contributed by atoms with E-state index in [1.165, 1.54) is 16.8 Å². The Hall–Kier alpha value is -1.02. The van der Waals surface area contributed by atoms with E-state index in [2.05, 4.69) is 77.4 Å². The molecule has 0 aromatic carbocycles. The lowest BCUT2D eigenvalue weighted by Gasteiger charge is -2.53. The Morgan fingerprint density at radius 3 is 2.21 bits per heavy atom. The summed E-state index contributed by atoms with van der Waals surface area (Å²) < 4.78 is 0.